The molecule has 0 aromatic heterocycles. The Morgan fingerprint density at radius 2 is 2.26 bits per heavy atom. The van der Waals surface area contributed by atoms with Crippen LogP contribution in [-0.2, 0) is 4.79 Å². The Kier molecular flexibility index (Phi) is 5.34. The highest BCUT2D eigenvalue weighted by Gasteiger charge is 2.15. The Morgan fingerprint density at radius 3 is 2.79 bits per heavy atom. The summed E-state index contributed by atoms with van der Waals surface area (Å²) in [5, 5.41) is 11.8. The minimum atomic E-state index is -0.898. The number of nitrogens with one attached hydrogen (secondary N) is 1. The van der Waals surface area contributed by atoms with E-state index in [2.05, 4.69) is 11.2 Å². The molecule has 102 valence electrons. The average molecular weight is 265 g/mol. The molecule has 2 N–H and O–H groups in total. The van der Waals surface area contributed by atoms with E-state index in [1.807, 2.05) is 0 Å². The van der Waals surface area contributed by atoms with E-state index >= 15 is 0 Å². The molecule has 5 heteroatoms. The summed E-state index contributed by atoms with van der Waals surface area (Å²) in [7, 11) is 0. The third kappa shape index (κ3) is 4.27. The summed E-state index contributed by atoms with van der Waals surface area (Å²) in [6, 6.07) is 4.05. The predicted molar refractivity (Wildman–Crippen MR) is 69.0 cm³/mol. The Morgan fingerprint density at radius 1 is 1.58 bits per heavy atom. The van der Waals surface area contributed by atoms with Crippen molar-refractivity contribution in [2.75, 3.05) is 6.54 Å². The van der Waals surface area contributed by atoms with Crippen molar-refractivity contribution in [2.24, 2.45) is 0 Å². The smallest absolute Gasteiger partial charge is 0.261 e. The quantitative estimate of drug-likeness (QED) is 0.791. The van der Waals surface area contributed by atoms with Crippen LogP contribution in [0.15, 0.2) is 18.2 Å². The minimum Gasteiger partial charge on any atom is -0.481 e. The van der Waals surface area contributed by atoms with Gasteiger partial charge in [-0.05, 0) is 26.0 Å². The molecule has 0 aliphatic rings. The number of amides is 1. The molecule has 1 aromatic carbocycles. The first kappa shape index (κ1) is 15.0. The van der Waals surface area contributed by atoms with Gasteiger partial charge in [-0.2, -0.15) is 0 Å². The van der Waals surface area contributed by atoms with Crippen molar-refractivity contribution in [1.29, 1.82) is 0 Å². The lowest BCUT2D eigenvalue weighted by Gasteiger charge is -2.15. The third-order valence-corrected chi connectivity index (χ3v) is 2.47. The molecule has 0 radical (unpaired) electrons. The van der Waals surface area contributed by atoms with Crippen LogP contribution in [0.5, 0.6) is 5.75 Å². The van der Waals surface area contributed by atoms with Crippen LogP contribution in [0.4, 0.5) is 4.39 Å². The zero-order valence-corrected chi connectivity index (χ0v) is 10.8. The Hall–Kier alpha value is -2.06. The number of carbonyl (C=O) groups excluding carboxylic acids is 1. The summed E-state index contributed by atoms with van der Waals surface area (Å²) in [5.74, 6) is 1.53. The maximum Gasteiger partial charge on any atom is 0.261 e. The lowest BCUT2D eigenvalue weighted by molar-refractivity contribution is -0.127. The van der Waals surface area contributed by atoms with E-state index in [1.165, 1.54) is 26.0 Å². The maximum atomic E-state index is 13.6. The third-order valence-electron chi connectivity index (χ3n) is 2.47. The first-order valence-electron chi connectivity index (χ1n) is 5.81. The number of hydrogen-bond donors (Lipinski definition) is 2. The molecule has 0 aliphatic heterocycles. The van der Waals surface area contributed by atoms with Gasteiger partial charge in [0.15, 0.2) is 6.10 Å². The van der Waals surface area contributed by atoms with E-state index < -0.39 is 18.0 Å². The molecule has 1 aromatic rings. The molecular formula is C14H16FNO3. The molecule has 0 saturated carbocycles. The van der Waals surface area contributed by atoms with Crippen molar-refractivity contribution in [2.45, 2.75) is 26.1 Å². The van der Waals surface area contributed by atoms with Gasteiger partial charge in [-0.15, -0.1) is 6.42 Å². The number of halogens is 1. The van der Waals surface area contributed by atoms with Crippen LogP contribution in [0, 0.1) is 18.2 Å². The number of aliphatic hydroxyl groups is 1. The van der Waals surface area contributed by atoms with Gasteiger partial charge < -0.3 is 15.2 Å². The molecule has 4 nitrogen and oxygen atoms in total. The normalized spacial score (nSPS) is 13.2. The zero-order valence-electron chi connectivity index (χ0n) is 10.8. The largest absolute Gasteiger partial charge is 0.481 e. The van der Waals surface area contributed by atoms with Gasteiger partial charge in [0.25, 0.3) is 5.91 Å². The molecule has 0 aliphatic carbocycles. The van der Waals surface area contributed by atoms with Crippen molar-refractivity contribution in [3.63, 3.8) is 0 Å². The summed E-state index contributed by atoms with van der Waals surface area (Å²) in [5.41, 5.74) is 0.178. The van der Waals surface area contributed by atoms with Crippen LogP contribution < -0.4 is 10.1 Å². The number of carbonyl (C=O) groups is 1. The second-order valence-corrected chi connectivity index (χ2v) is 4.04. The van der Waals surface area contributed by atoms with Crippen molar-refractivity contribution in [1.82, 2.24) is 5.32 Å². The second-order valence-electron chi connectivity index (χ2n) is 4.04. The van der Waals surface area contributed by atoms with Gasteiger partial charge in [-0.1, -0.05) is 5.92 Å². The van der Waals surface area contributed by atoms with E-state index in [4.69, 9.17) is 11.2 Å². The molecule has 1 rings (SSSR count). The van der Waals surface area contributed by atoms with Gasteiger partial charge in [0.05, 0.1) is 12.6 Å². The predicted octanol–water partition coefficient (Wildman–Crippen LogP) is 1.40. The zero-order chi connectivity index (χ0) is 14.4. The summed E-state index contributed by atoms with van der Waals surface area (Å²) in [6.07, 6.45) is 3.33. The summed E-state index contributed by atoms with van der Waals surface area (Å²) < 4.78 is 18.9. The highest BCUT2D eigenvalue weighted by molar-refractivity contribution is 5.80. The number of ether oxygens (including phenoxy) is 1. The van der Waals surface area contributed by atoms with Crippen molar-refractivity contribution in [3.8, 4) is 18.1 Å². The van der Waals surface area contributed by atoms with E-state index in [0.29, 0.717) is 0 Å². The summed E-state index contributed by atoms with van der Waals surface area (Å²) in [6.45, 7) is 3.11. The monoisotopic (exact) mass is 265 g/mol. The Balaban J connectivity index is 2.70. The fourth-order valence-corrected chi connectivity index (χ4v) is 1.46. The standard InChI is InChI=1S/C14H16FNO3/c1-4-7-16-14(18)10(3)19-11-5-6-12(9(2)17)13(15)8-11/h1,5-6,8-10,17H,7H2,2-3H3,(H,16,18)/t9-,10?/m0/s1. The molecule has 1 amide bonds. The van der Waals surface area contributed by atoms with Crippen molar-refractivity contribution >= 4 is 5.91 Å². The number of terminal acetylenes is 1. The molecular weight excluding hydrogens is 249 g/mol. The molecule has 0 fully saturated rings. The highest BCUT2D eigenvalue weighted by Crippen LogP contribution is 2.22. The van der Waals surface area contributed by atoms with Gasteiger partial charge in [0.1, 0.15) is 11.6 Å². The molecule has 0 saturated heterocycles. The van der Waals surface area contributed by atoms with E-state index in [-0.39, 0.29) is 23.8 Å². The van der Waals surface area contributed by atoms with Crippen LogP contribution in [0.1, 0.15) is 25.5 Å². The molecule has 1 unspecified atom stereocenters. The molecule has 0 spiro atoms. The number of aliphatic hydroxyl groups excluding tert-OH is 1. The van der Waals surface area contributed by atoms with Gasteiger partial charge in [0.2, 0.25) is 0 Å². The van der Waals surface area contributed by atoms with E-state index in [0.717, 1.165) is 6.07 Å². The fourth-order valence-electron chi connectivity index (χ4n) is 1.46. The number of rotatable bonds is 5. The first-order chi connectivity index (χ1) is 8.95. The fraction of sp³-hybridized carbons (Fsp3) is 0.357. The van der Waals surface area contributed by atoms with Gasteiger partial charge >= 0.3 is 0 Å². The topological polar surface area (TPSA) is 58.6 Å². The SMILES string of the molecule is C#CCNC(=O)C(C)Oc1ccc([C@H](C)O)c(F)c1. The van der Waals surface area contributed by atoms with Crippen LogP contribution >= 0.6 is 0 Å². The van der Waals surface area contributed by atoms with E-state index in [9.17, 15) is 14.3 Å². The van der Waals surface area contributed by atoms with Crippen LogP contribution in [0.3, 0.4) is 0 Å². The first-order valence-corrected chi connectivity index (χ1v) is 5.81. The Labute approximate surface area is 111 Å². The van der Waals surface area contributed by atoms with Crippen LogP contribution in [-0.4, -0.2) is 23.7 Å². The van der Waals surface area contributed by atoms with Gasteiger partial charge in [-0.3, -0.25) is 4.79 Å². The van der Waals surface area contributed by atoms with Gasteiger partial charge in [0, 0.05) is 11.6 Å². The van der Waals surface area contributed by atoms with Crippen LogP contribution in [0.2, 0.25) is 0 Å². The van der Waals surface area contributed by atoms with Crippen LogP contribution in [0.25, 0.3) is 0 Å². The minimum absolute atomic E-state index is 0.113. The lowest BCUT2D eigenvalue weighted by atomic mass is 10.1. The molecule has 0 heterocycles. The Bertz CT molecular complexity index is 494. The van der Waals surface area contributed by atoms with Gasteiger partial charge in [-0.25, -0.2) is 4.39 Å². The van der Waals surface area contributed by atoms with Crippen molar-refractivity contribution in [3.05, 3.63) is 29.6 Å². The number of benzene rings is 1. The second kappa shape index (κ2) is 6.76. The summed E-state index contributed by atoms with van der Waals surface area (Å²) >= 11 is 0. The van der Waals surface area contributed by atoms with Crippen molar-refractivity contribution < 1.29 is 19.0 Å². The molecule has 2 atom stereocenters. The molecule has 19 heavy (non-hydrogen) atoms. The summed E-state index contributed by atoms with van der Waals surface area (Å²) in [4.78, 5) is 11.5. The number of hydrogen-bond acceptors (Lipinski definition) is 3. The maximum absolute atomic E-state index is 13.6. The lowest BCUT2D eigenvalue weighted by Crippen LogP contribution is -2.36. The van der Waals surface area contributed by atoms with E-state index in [1.54, 1.807) is 0 Å². The average Bonchev–Trinajstić information content (AvgIpc) is 2.35. The molecule has 0 bridgehead atoms. The highest BCUT2D eigenvalue weighted by atomic mass is 19.1.